The summed E-state index contributed by atoms with van der Waals surface area (Å²) in [6, 6.07) is 8.84. The second-order valence-electron chi connectivity index (χ2n) is 4.59. The first-order chi connectivity index (χ1) is 8.31. The first kappa shape index (κ1) is 10.4. The second kappa shape index (κ2) is 3.91. The molecular weight excluding hydrogens is 210 g/mol. The van der Waals surface area contributed by atoms with Crippen molar-refractivity contribution in [2.24, 2.45) is 0 Å². The van der Waals surface area contributed by atoms with Gasteiger partial charge in [0.25, 0.3) is 0 Å². The largest absolute Gasteiger partial charge is 0.396 e. The molecule has 0 atom stereocenters. The molecule has 1 heterocycles. The molecule has 0 radical (unpaired) electrons. The van der Waals surface area contributed by atoms with Gasteiger partial charge in [-0.05, 0) is 44.0 Å². The van der Waals surface area contributed by atoms with Gasteiger partial charge in [0.15, 0.2) is 0 Å². The number of pyridine rings is 1. The van der Waals surface area contributed by atoms with Crippen molar-refractivity contribution >= 4 is 22.3 Å². The zero-order chi connectivity index (χ0) is 11.8. The molecular formula is C14H17N3. The smallest absolute Gasteiger partial charge is 0.0724 e. The number of anilines is 2. The van der Waals surface area contributed by atoms with E-state index in [1.54, 1.807) is 6.20 Å². The lowest BCUT2D eigenvalue weighted by molar-refractivity contribution is 0.828. The highest BCUT2D eigenvalue weighted by Gasteiger charge is 2.29. The summed E-state index contributed by atoms with van der Waals surface area (Å²) in [6.07, 6.45) is 4.39. The van der Waals surface area contributed by atoms with E-state index in [1.165, 1.54) is 12.8 Å². The molecule has 3 nitrogen and oxygen atoms in total. The number of nitrogens with two attached hydrogens (primary N) is 1. The zero-order valence-corrected chi connectivity index (χ0v) is 10.1. The third kappa shape index (κ3) is 1.71. The highest BCUT2D eigenvalue weighted by Crippen LogP contribution is 2.37. The van der Waals surface area contributed by atoms with Crippen LogP contribution in [0.25, 0.3) is 10.9 Å². The van der Waals surface area contributed by atoms with Gasteiger partial charge in [0, 0.05) is 24.2 Å². The van der Waals surface area contributed by atoms with E-state index in [1.807, 2.05) is 12.1 Å². The van der Waals surface area contributed by atoms with E-state index in [0.717, 1.165) is 28.8 Å². The quantitative estimate of drug-likeness (QED) is 0.820. The maximum absolute atomic E-state index is 6.28. The predicted octanol–water partition coefficient (Wildman–Crippen LogP) is 2.81. The first-order valence-corrected chi connectivity index (χ1v) is 6.21. The number of fused-ring (bicyclic) bond motifs is 1. The molecule has 1 saturated carbocycles. The van der Waals surface area contributed by atoms with E-state index in [9.17, 15) is 0 Å². The molecule has 1 aromatic carbocycles. The topological polar surface area (TPSA) is 42.2 Å². The molecule has 0 saturated heterocycles. The Hall–Kier alpha value is -1.77. The van der Waals surface area contributed by atoms with Crippen molar-refractivity contribution in [2.45, 2.75) is 25.8 Å². The SMILES string of the molecule is CCN(c1ccc2ncccc2c1N)C1CC1. The molecule has 3 rings (SSSR count). The van der Waals surface area contributed by atoms with Gasteiger partial charge in [-0.15, -0.1) is 0 Å². The molecule has 1 aliphatic rings. The average molecular weight is 227 g/mol. The molecule has 1 aromatic heterocycles. The third-order valence-electron chi connectivity index (χ3n) is 3.44. The normalized spacial score (nSPS) is 15.1. The maximum Gasteiger partial charge on any atom is 0.0724 e. The fraction of sp³-hybridized carbons (Fsp3) is 0.357. The van der Waals surface area contributed by atoms with Gasteiger partial charge in [-0.25, -0.2) is 0 Å². The van der Waals surface area contributed by atoms with Gasteiger partial charge in [0.1, 0.15) is 0 Å². The van der Waals surface area contributed by atoms with Crippen LogP contribution in [0, 0.1) is 0 Å². The molecule has 88 valence electrons. The number of hydrogen-bond acceptors (Lipinski definition) is 3. The first-order valence-electron chi connectivity index (χ1n) is 6.21. The molecule has 0 amide bonds. The van der Waals surface area contributed by atoms with Gasteiger partial charge in [0.05, 0.1) is 16.9 Å². The van der Waals surface area contributed by atoms with Crippen molar-refractivity contribution in [3.8, 4) is 0 Å². The van der Waals surface area contributed by atoms with Crippen molar-refractivity contribution in [2.75, 3.05) is 17.2 Å². The Morgan fingerprint density at radius 1 is 1.35 bits per heavy atom. The molecule has 17 heavy (non-hydrogen) atoms. The lowest BCUT2D eigenvalue weighted by Crippen LogP contribution is -2.25. The predicted molar refractivity (Wildman–Crippen MR) is 72.2 cm³/mol. The lowest BCUT2D eigenvalue weighted by Gasteiger charge is -2.25. The van der Waals surface area contributed by atoms with Crippen LogP contribution in [0.2, 0.25) is 0 Å². The standard InChI is InChI=1S/C14H17N3/c1-2-17(10-5-6-10)13-8-7-12-11(14(13)15)4-3-9-16-12/h3-4,7-10H,2,5-6,15H2,1H3. The minimum absolute atomic E-state index is 0.691. The van der Waals surface area contributed by atoms with Gasteiger partial charge >= 0.3 is 0 Å². The van der Waals surface area contributed by atoms with Crippen molar-refractivity contribution in [3.05, 3.63) is 30.5 Å². The van der Waals surface area contributed by atoms with Crippen molar-refractivity contribution in [3.63, 3.8) is 0 Å². The summed E-state index contributed by atoms with van der Waals surface area (Å²) in [4.78, 5) is 6.73. The number of nitrogens with zero attached hydrogens (tertiary/aromatic N) is 2. The van der Waals surface area contributed by atoms with Crippen LogP contribution in [0.15, 0.2) is 30.5 Å². The average Bonchev–Trinajstić information content (AvgIpc) is 3.18. The Bertz CT molecular complexity index is 546. The Kier molecular flexibility index (Phi) is 2.39. The Morgan fingerprint density at radius 2 is 2.18 bits per heavy atom. The summed E-state index contributed by atoms with van der Waals surface area (Å²) in [5.41, 5.74) is 9.28. The van der Waals surface area contributed by atoms with E-state index in [-0.39, 0.29) is 0 Å². The van der Waals surface area contributed by atoms with E-state index in [0.29, 0.717) is 6.04 Å². The zero-order valence-electron chi connectivity index (χ0n) is 10.1. The molecule has 0 unspecified atom stereocenters. The summed E-state index contributed by atoms with van der Waals surface area (Å²) >= 11 is 0. The van der Waals surface area contributed by atoms with Crippen LogP contribution in [0.4, 0.5) is 11.4 Å². The Balaban J connectivity index is 2.13. The van der Waals surface area contributed by atoms with Crippen molar-refractivity contribution in [1.82, 2.24) is 4.98 Å². The van der Waals surface area contributed by atoms with Crippen LogP contribution >= 0.6 is 0 Å². The van der Waals surface area contributed by atoms with Crippen LogP contribution in [0.1, 0.15) is 19.8 Å². The van der Waals surface area contributed by atoms with Gasteiger partial charge in [-0.2, -0.15) is 0 Å². The van der Waals surface area contributed by atoms with Crippen LogP contribution in [-0.2, 0) is 0 Å². The minimum Gasteiger partial charge on any atom is -0.396 e. The Labute approximate surface area is 101 Å². The molecule has 2 aromatic rings. The van der Waals surface area contributed by atoms with E-state index in [2.05, 4.69) is 28.9 Å². The fourth-order valence-corrected chi connectivity index (χ4v) is 2.43. The third-order valence-corrected chi connectivity index (χ3v) is 3.44. The summed E-state index contributed by atoms with van der Waals surface area (Å²) in [6.45, 7) is 3.20. The summed E-state index contributed by atoms with van der Waals surface area (Å²) in [5.74, 6) is 0. The highest BCUT2D eigenvalue weighted by molar-refractivity contribution is 5.97. The van der Waals surface area contributed by atoms with E-state index in [4.69, 9.17) is 5.73 Å². The van der Waals surface area contributed by atoms with Crippen LogP contribution in [-0.4, -0.2) is 17.6 Å². The van der Waals surface area contributed by atoms with Crippen LogP contribution in [0.3, 0.4) is 0 Å². The van der Waals surface area contributed by atoms with Crippen molar-refractivity contribution < 1.29 is 0 Å². The second-order valence-corrected chi connectivity index (χ2v) is 4.59. The molecule has 2 N–H and O–H groups in total. The highest BCUT2D eigenvalue weighted by atomic mass is 15.2. The number of hydrogen-bond donors (Lipinski definition) is 1. The molecule has 1 aliphatic carbocycles. The summed E-state index contributed by atoms with van der Waals surface area (Å²) in [7, 11) is 0. The van der Waals surface area contributed by atoms with Gasteiger partial charge in [0.2, 0.25) is 0 Å². The molecule has 0 bridgehead atoms. The summed E-state index contributed by atoms with van der Waals surface area (Å²) in [5, 5.41) is 1.06. The fourth-order valence-electron chi connectivity index (χ4n) is 2.43. The lowest BCUT2D eigenvalue weighted by atomic mass is 10.1. The van der Waals surface area contributed by atoms with Crippen LogP contribution in [0.5, 0.6) is 0 Å². The number of aromatic nitrogens is 1. The summed E-state index contributed by atoms with van der Waals surface area (Å²) < 4.78 is 0. The number of benzene rings is 1. The molecule has 3 heteroatoms. The van der Waals surface area contributed by atoms with Crippen molar-refractivity contribution in [1.29, 1.82) is 0 Å². The van der Waals surface area contributed by atoms with E-state index < -0.39 is 0 Å². The maximum atomic E-state index is 6.28. The van der Waals surface area contributed by atoms with Gasteiger partial charge < -0.3 is 10.6 Å². The minimum atomic E-state index is 0.691. The van der Waals surface area contributed by atoms with E-state index >= 15 is 0 Å². The van der Waals surface area contributed by atoms with Crippen LogP contribution < -0.4 is 10.6 Å². The van der Waals surface area contributed by atoms with Gasteiger partial charge in [-0.1, -0.05) is 0 Å². The molecule has 0 aliphatic heterocycles. The number of rotatable bonds is 3. The number of nitrogen functional groups attached to an aromatic ring is 1. The molecule has 0 spiro atoms. The van der Waals surface area contributed by atoms with Gasteiger partial charge in [-0.3, -0.25) is 4.98 Å². The monoisotopic (exact) mass is 227 g/mol. The Morgan fingerprint density at radius 3 is 2.88 bits per heavy atom. The molecule has 1 fully saturated rings.